The van der Waals surface area contributed by atoms with Crippen molar-refractivity contribution in [1.29, 1.82) is 0 Å². The van der Waals surface area contributed by atoms with Crippen molar-refractivity contribution in [3.8, 4) is 0 Å². The first-order chi connectivity index (χ1) is 17.1. The number of carbonyl (C=O) groups is 1. The van der Waals surface area contributed by atoms with Gasteiger partial charge in [-0.1, -0.05) is 36.3 Å². The first-order valence-corrected chi connectivity index (χ1v) is 14.9. The Kier molecular flexibility index (Phi) is 9.99. The fraction of sp³-hybridized carbons (Fsp3) is 0.462. The van der Waals surface area contributed by atoms with Crippen LogP contribution in [0.15, 0.2) is 41.3 Å². The van der Waals surface area contributed by atoms with E-state index in [4.69, 9.17) is 16.6 Å². The monoisotopic (exact) mass is 584 g/mol. The second-order valence-electron chi connectivity index (χ2n) is 9.52. The molecule has 1 aliphatic rings. The lowest BCUT2D eigenvalue weighted by molar-refractivity contribution is 0.0985. The van der Waals surface area contributed by atoms with Gasteiger partial charge < -0.3 is 4.90 Å². The maximum atomic E-state index is 13.6. The third-order valence-electron chi connectivity index (χ3n) is 6.64. The van der Waals surface area contributed by atoms with Crippen molar-refractivity contribution in [1.82, 2.24) is 14.2 Å². The minimum absolute atomic E-state index is 0. The minimum Gasteiger partial charge on any atom is -0.308 e. The summed E-state index contributed by atoms with van der Waals surface area (Å²) in [6.07, 6.45) is 3.61. The number of hydrogen-bond donors (Lipinski definition) is 0. The van der Waals surface area contributed by atoms with Crippen LogP contribution in [-0.4, -0.2) is 68.3 Å². The lowest BCUT2D eigenvalue weighted by Gasteiger charge is -2.34. The van der Waals surface area contributed by atoms with Gasteiger partial charge in [0.2, 0.25) is 10.0 Å². The Morgan fingerprint density at radius 2 is 1.86 bits per heavy atom. The van der Waals surface area contributed by atoms with E-state index in [1.54, 1.807) is 33.5 Å². The van der Waals surface area contributed by atoms with Crippen LogP contribution in [0.1, 0.15) is 48.5 Å². The predicted molar refractivity (Wildman–Crippen MR) is 155 cm³/mol. The van der Waals surface area contributed by atoms with Crippen LogP contribution in [0.25, 0.3) is 10.2 Å². The molecule has 1 fully saturated rings. The van der Waals surface area contributed by atoms with Gasteiger partial charge in [0, 0.05) is 36.3 Å². The summed E-state index contributed by atoms with van der Waals surface area (Å²) in [6.45, 7) is 5.63. The number of anilines is 1. The van der Waals surface area contributed by atoms with Gasteiger partial charge in [0.1, 0.15) is 0 Å². The van der Waals surface area contributed by atoms with Crippen molar-refractivity contribution in [2.75, 3.05) is 38.6 Å². The Morgan fingerprint density at radius 3 is 2.51 bits per heavy atom. The van der Waals surface area contributed by atoms with E-state index in [0.717, 1.165) is 41.5 Å². The van der Waals surface area contributed by atoms with Gasteiger partial charge in [-0.15, -0.1) is 12.4 Å². The largest absolute Gasteiger partial charge is 0.308 e. The van der Waals surface area contributed by atoms with E-state index < -0.39 is 10.0 Å². The molecule has 0 bridgehead atoms. The van der Waals surface area contributed by atoms with Crippen LogP contribution >= 0.6 is 35.3 Å². The summed E-state index contributed by atoms with van der Waals surface area (Å²) in [5.74, 6) is -0.215. The summed E-state index contributed by atoms with van der Waals surface area (Å²) in [5, 5.41) is 1.23. The number of likely N-dealkylation sites (N-methyl/N-ethyl adjacent to an activating group) is 1. The second kappa shape index (κ2) is 12.4. The number of thiazole rings is 1. The summed E-state index contributed by atoms with van der Waals surface area (Å²) < 4.78 is 29.2. The first kappa shape index (κ1) is 29.8. The molecule has 4 rings (SSSR count). The summed E-state index contributed by atoms with van der Waals surface area (Å²) in [5.41, 5.74) is 2.21. The highest BCUT2D eigenvalue weighted by atomic mass is 35.5. The highest BCUT2D eigenvalue weighted by Crippen LogP contribution is 2.34. The molecule has 0 saturated carbocycles. The van der Waals surface area contributed by atoms with Gasteiger partial charge in [-0.25, -0.2) is 13.4 Å². The van der Waals surface area contributed by atoms with Gasteiger partial charge in [0.15, 0.2) is 5.13 Å². The number of sulfonamides is 1. The molecule has 2 heterocycles. The molecule has 37 heavy (non-hydrogen) atoms. The maximum absolute atomic E-state index is 13.6. The molecule has 202 valence electrons. The fourth-order valence-corrected chi connectivity index (χ4v) is 7.81. The Hall–Kier alpha value is -1.75. The molecule has 1 aromatic heterocycles. The molecule has 0 aliphatic carbocycles. The number of nitrogens with zero attached hydrogens (tertiary/aromatic N) is 4. The molecule has 1 unspecified atom stereocenters. The third kappa shape index (κ3) is 6.46. The molecule has 1 atom stereocenters. The Morgan fingerprint density at radius 1 is 1.16 bits per heavy atom. The Bertz CT molecular complexity index is 1340. The zero-order valence-corrected chi connectivity index (χ0v) is 24.8. The van der Waals surface area contributed by atoms with E-state index in [-0.39, 0.29) is 29.3 Å². The van der Waals surface area contributed by atoms with E-state index in [9.17, 15) is 13.2 Å². The van der Waals surface area contributed by atoms with E-state index >= 15 is 0 Å². The van der Waals surface area contributed by atoms with Crippen molar-refractivity contribution in [3.63, 3.8) is 0 Å². The molecule has 11 heteroatoms. The van der Waals surface area contributed by atoms with Crippen LogP contribution in [0.2, 0.25) is 5.02 Å². The van der Waals surface area contributed by atoms with Crippen molar-refractivity contribution >= 4 is 66.6 Å². The zero-order chi connectivity index (χ0) is 26.0. The van der Waals surface area contributed by atoms with Crippen LogP contribution < -0.4 is 4.90 Å². The zero-order valence-electron chi connectivity index (χ0n) is 21.6. The smallest absolute Gasteiger partial charge is 0.260 e. The number of fused-ring (bicyclic) bond motifs is 1. The number of aromatic nitrogens is 1. The van der Waals surface area contributed by atoms with E-state index in [2.05, 4.69) is 0 Å². The molecule has 1 saturated heterocycles. The van der Waals surface area contributed by atoms with Crippen LogP contribution in [0, 0.1) is 6.92 Å². The normalized spacial score (nSPS) is 16.6. The molecule has 0 spiro atoms. The molecule has 3 aromatic rings. The molecular formula is C26H34Cl2N4O3S2. The molecule has 1 aliphatic heterocycles. The summed E-state index contributed by atoms with van der Waals surface area (Å²) in [6, 6.07) is 10.1. The molecule has 7 nitrogen and oxygen atoms in total. The molecular weight excluding hydrogens is 551 g/mol. The Labute approximate surface area is 234 Å². The number of aryl methyl sites for hydroxylation is 1. The van der Waals surface area contributed by atoms with Crippen LogP contribution in [-0.2, 0) is 10.0 Å². The van der Waals surface area contributed by atoms with Crippen molar-refractivity contribution in [2.45, 2.75) is 50.5 Å². The summed E-state index contributed by atoms with van der Waals surface area (Å²) in [4.78, 5) is 22.3. The number of hydrogen-bond acceptors (Lipinski definition) is 6. The van der Waals surface area contributed by atoms with Gasteiger partial charge in [-0.05, 0) is 82.2 Å². The first-order valence-electron chi connectivity index (χ1n) is 12.3. The van der Waals surface area contributed by atoms with Crippen LogP contribution in [0.4, 0.5) is 5.13 Å². The topological polar surface area (TPSA) is 73.8 Å². The average molecular weight is 586 g/mol. The highest BCUT2D eigenvalue weighted by molar-refractivity contribution is 7.89. The Balaban J connectivity index is 0.00000380. The lowest BCUT2D eigenvalue weighted by Crippen LogP contribution is -2.43. The number of amides is 1. The summed E-state index contributed by atoms with van der Waals surface area (Å²) >= 11 is 7.66. The number of piperidine rings is 1. The number of carbonyl (C=O) groups excluding carboxylic acids is 1. The molecule has 0 radical (unpaired) electrons. The molecule has 1 amide bonds. The highest BCUT2D eigenvalue weighted by Gasteiger charge is 2.32. The van der Waals surface area contributed by atoms with Crippen molar-refractivity contribution < 1.29 is 13.2 Å². The lowest BCUT2D eigenvalue weighted by atomic mass is 10.0. The van der Waals surface area contributed by atoms with Crippen molar-refractivity contribution in [2.24, 2.45) is 0 Å². The number of rotatable bonds is 8. The van der Waals surface area contributed by atoms with E-state index in [1.807, 2.05) is 45.0 Å². The van der Waals surface area contributed by atoms with Gasteiger partial charge in [0.05, 0.1) is 15.1 Å². The number of benzene rings is 2. The predicted octanol–water partition coefficient (Wildman–Crippen LogP) is 5.84. The average Bonchev–Trinajstić information content (AvgIpc) is 3.28. The van der Waals surface area contributed by atoms with E-state index in [0.29, 0.717) is 35.4 Å². The maximum Gasteiger partial charge on any atom is 0.260 e. The SMILES string of the molecule is CCC1CCCCN1S(=O)(=O)c1ccc(C(=O)N(CCN(C)C)c2nc3c(C)cc(Cl)cc3s2)cc1.Cl. The minimum atomic E-state index is -3.61. The van der Waals surface area contributed by atoms with Crippen LogP contribution in [0.3, 0.4) is 0 Å². The van der Waals surface area contributed by atoms with E-state index in [1.165, 1.54) is 11.3 Å². The standard InChI is InChI=1S/C26H33ClN4O3S2.ClH/c1-5-21-8-6-7-13-31(21)36(33,34)22-11-9-19(10-12-22)25(32)30(15-14-29(3)4)26-28-24-18(2)16-20(27)17-23(24)35-26;/h9-12,16-17,21H,5-8,13-15H2,1-4H3;1H. The van der Waals surface area contributed by atoms with Gasteiger partial charge in [0.25, 0.3) is 5.91 Å². The third-order valence-corrected chi connectivity index (χ3v) is 9.85. The van der Waals surface area contributed by atoms with Gasteiger partial charge in [-0.3, -0.25) is 9.69 Å². The fourth-order valence-electron chi connectivity index (χ4n) is 4.60. The summed E-state index contributed by atoms with van der Waals surface area (Å²) in [7, 11) is 0.299. The quantitative estimate of drug-likeness (QED) is 0.332. The van der Waals surface area contributed by atoms with Crippen molar-refractivity contribution in [3.05, 3.63) is 52.5 Å². The van der Waals surface area contributed by atoms with Crippen LogP contribution in [0.5, 0.6) is 0 Å². The second-order valence-corrected chi connectivity index (χ2v) is 12.9. The number of halogens is 2. The molecule has 0 N–H and O–H groups in total. The van der Waals surface area contributed by atoms with Gasteiger partial charge >= 0.3 is 0 Å². The molecule has 2 aromatic carbocycles. The van der Waals surface area contributed by atoms with Gasteiger partial charge in [-0.2, -0.15) is 4.31 Å².